The van der Waals surface area contributed by atoms with E-state index in [1.165, 1.54) is 0 Å². The summed E-state index contributed by atoms with van der Waals surface area (Å²) in [6.45, 7) is 8.79. The van der Waals surface area contributed by atoms with Crippen LogP contribution in [0.1, 0.15) is 33.6 Å². The summed E-state index contributed by atoms with van der Waals surface area (Å²) in [4.78, 5) is 2.20. The van der Waals surface area contributed by atoms with Crippen molar-refractivity contribution in [1.82, 2.24) is 4.90 Å². The van der Waals surface area contributed by atoms with Crippen LogP contribution in [0.2, 0.25) is 0 Å². The van der Waals surface area contributed by atoms with Crippen LogP contribution in [-0.4, -0.2) is 39.2 Å². The maximum absolute atomic E-state index is 11.0. The van der Waals surface area contributed by atoms with Crippen molar-refractivity contribution < 1.29 is 12.6 Å². The van der Waals surface area contributed by atoms with Crippen LogP contribution in [-0.2, 0) is 14.3 Å². The lowest BCUT2D eigenvalue weighted by Gasteiger charge is -2.16. The summed E-state index contributed by atoms with van der Waals surface area (Å²) in [6.07, 6.45) is 4.47. The Kier molecular flexibility index (Phi) is 7.42. The highest BCUT2D eigenvalue weighted by Crippen LogP contribution is 2.10. The molecule has 0 aromatic rings. The van der Waals surface area contributed by atoms with Crippen LogP contribution >= 0.6 is 0 Å². The molecule has 0 amide bonds. The van der Waals surface area contributed by atoms with Gasteiger partial charge in [0.2, 0.25) is 0 Å². The zero-order valence-electron chi connectivity index (χ0n) is 10.7. The Morgan fingerprint density at radius 3 is 2.19 bits per heavy atom. The number of hydrogen-bond acceptors (Lipinski definition) is 4. The maximum atomic E-state index is 11.0. The SMILES string of the molecule is CCCC(=CCN(CC)CC)OS(C)(=O)=O. The van der Waals surface area contributed by atoms with Gasteiger partial charge in [0.05, 0.1) is 6.26 Å². The van der Waals surface area contributed by atoms with E-state index in [1.54, 1.807) is 0 Å². The zero-order valence-corrected chi connectivity index (χ0v) is 11.5. The molecule has 4 nitrogen and oxygen atoms in total. The van der Waals surface area contributed by atoms with Gasteiger partial charge < -0.3 is 9.08 Å². The van der Waals surface area contributed by atoms with Gasteiger partial charge >= 0.3 is 10.1 Å². The van der Waals surface area contributed by atoms with Crippen molar-refractivity contribution in [2.45, 2.75) is 33.6 Å². The monoisotopic (exact) mass is 249 g/mol. The van der Waals surface area contributed by atoms with Gasteiger partial charge in [-0.2, -0.15) is 8.42 Å². The van der Waals surface area contributed by atoms with Crippen LogP contribution in [0, 0.1) is 0 Å². The first-order chi connectivity index (χ1) is 7.42. The quantitative estimate of drug-likeness (QED) is 0.487. The summed E-state index contributed by atoms with van der Waals surface area (Å²) < 4.78 is 27.0. The molecular weight excluding hydrogens is 226 g/mol. The second-order valence-electron chi connectivity index (χ2n) is 3.69. The lowest BCUT2D eigenvalue weighted by Crippen LogP contribution is -2.23. The molecule has 0 saturated carbocycles. The summed E-state index contributed by atoms with van der Waals surface area (Å²) in [6, 6.07) is 0. The van der Waals surface area contributed by atoms with Crippen molar-refractivity contribution in [1.29, 1.82) is 0 Å². The Morgan fingerprint density at radius 1 is 1.25 bits per heavy atom. The number of hydrogen-bond donors (Lipinski definition) is 0. The third kappa shape index (κ3) is 7.70. The van der Waals surface area contributed by atoms with E-state index >= 15 is 0 Å². The highest BCUT2D eigenvalue weighted by atomic mass is 32.2. The molecule has 0 aromatic carbocycles. The Hall–Kier alpha value is -0.550. The first-order valence-corrected chi connectivity index (χ1v) is 7.55. The molecule has 0 radical (unpaired) electrons. The van der Waals surface area contributed by atoms with Crippen LogP contribution in [0.25, 0.3) is 0 Å². The molecule has 0 aliphatic heterocycles. The van der Waals surface area contributed by atoms with Crippen molar-refractivity contribution >= 4 is 10.1 Å². The summed E-state index contributed by atoms with van der Waals surface area (Å²) in [7, 11) is -3.39. The highest BCUT2D eigenvalue weighted by Gasteiger charge is 2.07. The molecule has 5 heteroatoms. The number of rotatable bonds is 8. The molecule has 0 saturated heterocycles. The van der Waals surface area contributed by atoms with E-state index < -0.39 is 10.1 Å². The number of allylic oxidation sites excluding steroid dienone is 1. The fourth-order valence-electron chi connectivity index (χ4n) is 1.33. The molecule has 0 aromatic heterocycles. The van der Waals surface area contributed by atoms with Gasteiger partial charge in [0.25, 0.3) is 0 Å². The topological polar surface area (TPSA) is 46.6 Å². The molecule has 0 bridgehead atoms. The summed E-state index contributed by atoms with van der Waals surface area (Å²) >= 11 is 0. The van der Waals surface area contributed by atoms with Crippen LogP contribution in [0.15, 0.2) is 11.8 Å². The summed E-state index contributed by atoms with van der Waals surface area (Å²) in [5.74, 6) is 0.553. The minimum Gasteiger partial charge on any atom is -0.387 e. The van der Waals surface area contributed by atoms with E-state index in [4.69, 9.17) is 4.18 Å². The molecule has 0 aliphatic rings. The van der Waals surface area contributed by atoms with Gasteiger partial charge in [0, 0.05) is 13.0 Å². The molecule has 0 aliphatic carbocycles. The van der Waals surface area contributed by atoms with E-state index in [0.29, 0.717) is 12.2 Å². The molecule has 0 rings (SSSR count). The predicted octanol–water partition coefficient (Wildman–Crippen LogP) is 1.99. The molecule has 0 N–H and O–H groups in total. The zero-order chi connectivity index (χ0) is 12.6. The fourth-order valence-corrected chi connectivity index (χ4v) is 1.87. The van der Waals surface area contributed by atoms with Gasteiger partial charge in [0.15, 0.2) is 0 Å². The largest absolute Gasteiger partial charge is 0.387 e. The van der Waals surface area contributed by atoms with Gasteiger partial charge in [-0.05, 0) is 25.6 Å². The fraction of sp³-hybridized carbons (Fsp3) is 0.818. The van der Waals surface area contributed by atoms with Crippen molar-refractivity contribution in [3.05, 3.63) is 11.8 Å². The molecule has 0 fully saturated rings. The molecule has 0 heterocycles. The second-order valence-corrected chi connectivity index (χ2v) is 5.27. The van der Waals surface area contributed by atoms with Crippen LogP contribution < -0.4 is 0 Å². The maximum Gasteiger partial charge on any atom is 0.305 e. The van der Waals surface area contributed by atoms with E-state index in [2.05, 4.69) is 18.7 Å². The van der Waals surface area contributed by atoms with Crippen molar-refractivity contribution in [3.8, 4) is 0 Å². The van der Waals surface area contributed by atoms with Crippen LogP contribution in [0.4, 0.5) is 0 Å². The van der Waals surface area contributed by atoms with Gasteiger partial charge in [-0.1, -0.05) is 20.8 Å². The Balaban J connectivity index is 4.45. The van der Waals surface area contributed by atoms with E-state index in [-0.39, 0.29) is 0 Å². The van der Waals surface area contributed by atoms with Crippen molar-refractivity contribution in [2.75, 3.05) is 25.9 Å². The molecule has 0 unspecified atom stereocenters. The van der Waals surface area contributed by atoms with Crippen LogP contribution in [0.5, 0.6) is 0 Å². The van der Waals surface area contributed by atoms with Gasteiger partial charge in [-0.25, -0.2) is 0 Å². The number of nitrogens with zero attached hydrogens (tertiary/aromatic N) is 1. The van der Waals surface area contributed by atoms with Crippen LogP contribution in [0.3, 0.4) is 0 Å². The van der Waals surface area contributed by atoms with Gasteiger partial charge in [0.1, 0.15) is 5.76 Å². The average molecular weight is 249 g/mol. The standard InChI is InChI=1S/C11H23NO3S/c1-5-8-11(15-16(4,13)14)9-10-12(6-2)7-3/h9H,5-8,10H2,1-4H3. The molecule has 0 spiro atoms. The molecule has 16 heavy (non-hydrogen) atoms. The smallest absolute Gasteiger partial charge is 0.305 e. The lowest BCUT2D eigenvalue weighted by molar-refractivity contribution is 0.328. The molecule has 0 atom stereocenters. The Morgan fingerprint density at radius 2 is 1.81 bits per heavy atom. The van der Waals surface area contributed by atoms with E-state index in [1.807, 2.05) is 13.0 Å². The third-order valence-electron chi connectivity index (χ3n) is 2.23. The van der Waals surface area contributed by atoms with E-state index in [0.717, 1.165) is 32.3 Å². The Bertz CT molecular complexity index is 305. The minimum absolute atomic E-state index is 0.553. The summed E-state index contributed by atoms with van der Waals surface area (Å²) in [5.41, 5.74) is 0. The predicted molar refractivity (Wildman–Crippen MR) is 66.7 cm³/mol. The summed E-state index contributed by atoms with van der Waals surface area (Å²) in [5, 5.41) is 0. The molecule has 96 valence electrons. The van der Waals surface area contributed by atoms with E-state index in [9.17, 15) is 8.42 Å². The Labute approximate surface area is 99.4 Å². The highest BCUT2D eigenvalue weighted by molar-refractivity contribution is 7.86. The number of likely N-dealkylation sites (N-methyl/N-ethyl adjacent to an activating group) is 1. The minimum atomic E-state index is -3.39. The van der Waals surface area contributed by atoms with Gasteiger partial charge in [-0.3, -0.25) is 0 Å². The first kappa shape index (κ1) is 15.4. The average Bonchev–Trinajstić information content (AvgIpc) is 2.17. The molecular formula is C11H23NO3S. The first-order valence-electron chi connectivity index (χ1n) is 5.73. The van der Waals surface area contributed by atoms with Crippen molar-refractivity contribution in [3.63, 3.8) is 0 Å². The third-order valence-corrected chi connectivity index (χ3v) is 2.74. The normalized spacial score (nSPS) is 13.2. The second kappa shape index (κ2) is 7.68. The lowest BCUT2D eigenvalue weighted by atomic mass is 10.2. The van der Waals surface area contributed by atoms with Gasteiger partial charge in [-0.15, -0.1) is 0 Å². The van der Waals surface area contributed by atoms with Crippen molar-refractivity contribution in [2.24, 2.45) is 0 Å².